The number of hydrogen-bond donors (Lipinski definition) is 2. The Kier molecular flexibility index (Phi) is 6.76. The highest BCUT2D eigenvalue weighted by atomic mass is 19.4. The molecule has 2 N–H and O–H groups in total. The molecule has 2 aliphatic heterocycles. The van der Waals surface area contributed by atoms with E-state index in [1.165, 1.54) is 20.1 Å². The van der Waals surface area contributed by atoms with Crippen molar-refractivity contribution in [3.63, 3.8) is 0 Å². The molecule has 2 atom stereocenters. The summed E-state index contributed by atoms with van der Waals surface area (Å²) in [7, 11) is 1.54. The minimum atomic E-state index is -4.46. The highest BCUT2D eigenvalue weighted by Crippen LogP contribution is 2.47. The Labute approximate surface area is 190 Å². The first kappa shape index (κ1) is 24.6. The van der Waals surface area contributed by atoms with Crippen molar-refractivity contribution in [1.29, 1.82) is 0 Å². The van der Waals surface area contributed by atoms with Gasteiger partial charge in [0.1, 0.15) is 17.8 Å². The van der Waals surface area contributed by atoms with Gasteiger partial charge in [0.2, 0.25) is 11.8 Å². The highest BCUT2D eigenvalue weighted by molar-refractivity contribution is 6.02. The zero-order valence-corrected chi connectivity index (χ0v) is 19.0. The summed E-state index contributed by atoms with van der Waals surface area (Å²) in [5, 5.41) is 4.92. The number of allylic oxidation sites excluding steroid dienone is 1. The van der Waals surface area contributed by atoms with Gasteiger partial charge < -0.3 is 20.3 Å². The monoisotopic (exact) mass is 467 g/mol. The lowest BCUT2D eigenvalue weighted by Gasteiger charge is -2.27. The van der Waals surface area contributed by atoms with Gasteiger partial charge in [-0.3, -0.25) is 14.4 Å². The maximum atomic E-state index is 13.2. The summed E-state index contributed by atoms with van der Waals surface area (Å²) in [4.78, 5) is 39.8. The number of carbonyl (C=O) groups excluding carboxylic acids is 3. The molecule has 1 fully saturated rings. The molecule has 1 aromatic carbocycles. The summed E-state index contributed by atoms with van der Waals surface area (Å²) >= 11 is 0. The maximum absolute atomic E-state index is 13.2. The van der Waals surface area contributed by atoms with Crippen LogP contribution in [-0.4, -0.2) is 43.5 Å². The number of halogens is 3. The normalized spacial score (nSPS) is 20.2. The van der Waals surface area contributed by atoms with E-state index in [1.54, 1.807) is 12.1 Å². The molecule has 1 aromatic rings. The standard InChI is InChI=1S/C23H28F3N3O4/c1-13(27-19(31)7-8-23(24,25)26)21(32)28-20-15-6-5-14(33-4)11-16(15)29-10-9-22(2,3)18(29)12-17(20)30/h5-6,11-13,20H,7-10H2,1-4H3,(H,27,31)(H,28,32)/t13-,20-/m0/s1. The van der Waals surface area contributed by atoms with Crippen LogP contribution in [0, 0.1) is 5.41 Å². The van der Waals surface area contributed by atoms with Crippen LogP contribution < -0.4 is 20.3 Å². The molecule has 0 aromatic heterocycles. The van der Waals surface area contributed by atoms with E-state index in [0.29, 0.717) is 17.9 Å². The SMILES string of the molecule is COc1ccc2c(c1)N1CCC(C)(C)C1=CC(=O)[C@H]2NC(=O)[C@H](C)NC(=O)CCC(F)(F)F. The Morgan fingerprint density at radius 3 is 2.64 bits per heavy atom. The number of amides is 2. The summed E-state index contributed by atoms with van der Waals surface area (Å²) in [6.45, 7) is 6.14. The van der Waals surface area contributed by atoms with Crippen LogP contribution in [0.1, 0.15) is 51.6 Å². The first-order valence-corrected chi connectivity index (χ1v) is 10.7. The molecule has 7 nitrogen and oxygen atoms in total. The zero-order valence-electron chi connectivity index (χ0n) is 19.0. The molecular weight excluding hydrogens is 439 g/mol. The summed E-state index contributed by atoms with van der Waals surface area (Å²) in [6.07, 6.45) is -4.13. The van der Waals surface area contributed by atoms with Crippen LogP contribution in [0.4, 0.5) is 18.9 Å². The lowest BCUT2D eigenvalue weighted by Crippen LogP contribution is -2.47. The summed E-state index contributed by atoms with van der Waals surface area (Å²) in [5.41, 5.74) is 1.92. The average Bonchev–Trinajstić information content (AvgIpc) is 2.96. The van der Waals surface area contributed by atoms with Crippen molar-refractivity contribution in [3.05, 3.63) is 35.5 Å². The average molecular weight is 467 g/mol. The molecule has 0 spiro atoms. The fourth-order valence-corrected chi connectivity index (χ4v) is 4.08. The number of alkyl halides is 3. The smallest absolute Gasteiger partial charge is 0.389 e. The van der Waals surface area contributed by atoms with E-state index in [2.05, 4.69) is 10.6 Å². The van der Waals surface area contributed by atoms with Crippen LogP contribution in [0.5, 0.6) is 5.75 Å². The van der Waals surface area contributed by atoms with Gasteiger partial charge in [0.15, 0.2) is 5.78 Å². The third-order valence-electron chi connectivity index (χ3n) is 6.04. The van der Waals surface area contributed by atoms with Crippen molar-refractivity contribution < 1.29 is 32.3 Å². The lowest BCUT2D eigenvalue weighted by atomic mass is 9.88. The molecular formula is C23H28F3N3O4. The molecule has 0 aliphatic carbocycles. The highest BCUT2D eigenvalue weighted by Gasteiger charge is 2.41. The van der Waals surface area contributed by atoms with E-state index in [0.717, 1.165) is 17.8 Å². The fraction of sp³-hybridized carbons (Fsp3) is 0.522. The Balaban J connectivity index is 1.83. The van der Waals surface area contributed by atoms with E-state index < -0.39 is 42.9 Å². The topological polar surface area (TPSA) is 87.7 Å². The number of nitrogens with zero attached hydrogens (tertiary/aromatic N) is 1. The molecule has 0 radical (unpaired) electrons. The molecule has 0 bridgehead atoms. The van der Waals surface area contributed by atoms with E-state index in [9.17, 15) is 27.6 Å². The van der Waals surface area contributed by atoms with Crippen LogP contribution >= 0.6 is 0 Å². The molecule has 1 saturated heterocycles. The minimum absolute atomic E-state index is 0.241. The van der Waals surface area contributed by atoms with Crippen LogP contribution in [0.25, 0.3) is 0 Å². The number of carbonyl (C=O) groups is 3. The summed E-state index contributed by atoms with van der Waals surface area (Å²) in [5.74, 6) is -1.28. The second kappa shape index (κ2) is 9.07. The number of hydrogen-bond acceptors (Lipinski definition) is 5. The molecule has 0 unspecified atom stereocenters. The Morgan fingerprint density at radius 2 is 2.00 bits per heavy atom. The largest absolute Gasteiger partial charge is 0.497 e. The van der Waals surface area contributed by atoms with Crippen molar-refractivity contribution in [2.75, 3.05) is 18.6 Å². The van der Waals surface area contributed by atoms with Gasteiger partial charge in [-0.15, -0.1) is 0 Å². The number of benzene rings is 1. The van der Waals surface area contributed by atoms with Crippen molar-refractivity contribution in [3.8, 4) is 5.75 Å². The lowest BCUT2D eigenvalue weighted by molar-refractivity contribution is -0.144. The summed E-state index contributed by atoms with van der Waals surface area (Å²) in [6, 6.07) is 3.09. The molecule has 2 amide bonds. The number of ketones is 1. The van der Waals surface area contributed by atoms with Crippen LogP contribution in [0.3, 0.4) is 0 Å². The van der Waals surface area contributed by atoms with Gasteiger partial charge in [0, 0.05) is 41.8 Å². The van der Waals surface area contributed by atoms with Gasteiger partial charge in [0.25, 0.3) is 0 Å². The van der Waals surface area contributed by atoms with Gasteiger partial charge in [-0.1, -0.05) is 19.9 Å². The molecule has 33 heavy (non-hydrogen) atoms. The molecule has 10 heteroatoms. The minimum Gasteiger partial charge on any atom is -0.497 e. The number of nitrogens with one attached hydrogen (secondary N) is 2. The molecule has 0 saturated carbocycles. The number of fused-ring (bicyclic) bond motifs is 3. The molecule has 2 aliphatic rings. The molecule has 3 rings (SSSR count). The van der Waals surface area contributed by atoms with Gasteiger partial charge in [0.05, 0.1) is 19.2 Å². The summed E-state index contributed by atoms with van der Waals surface area (Å²) < 4.78 is 42.3. The third-order valence-corrected chi connectivity index (χ3v) is 6.04. The first-order chi connectivity index (χ1) is 15.3. The van der Waals surface area contributed by atoms with Crippen LogP contribution in [0.15, 0.2) is 30.0 Å². The first-order valence-electron chi connectivity index (χ1n) is 10.7. The quantitative estimate of drug-likeness (QED) is 0.670. The van der Waals surface area contributed by atoms with E-state index in [-0.39, 0.29) is 11.2 Å². The number of anilines is 1. The number of methoxy groups -OCH3 is 1. The van der Waals surface area contributed by atoms with Crippen molar-refractivity contribution >= 4 is 23.3 Å². The predicted molar refractivity (Wildman–Crippen MR) is 116 cm³/mol. The van der Waals surface area contributed by atoms with Gasteiger partial charge >= 0.3 is 6.18 Å². The van der Waals surface area contributed by atoms with Crippen molar-refractivity contribution in [2.45, 2.75) is 58.3 Å². The number of ether oxygens (including phenoxy) is 1. The molecule has 2 heterocycles. The second-order valence-electron chi connectivity index (χ2n) is 8.99. The Bertz CT molecular complexity index is 988. The van der Waals surface area contributed by atoms with Crippen molar-refractivity contribution in [1.82, 2.24) is 10.6 Å². The Morgan fingerprint density at radius 1 is 1.30 bits per heavy atom. The van der Waals surface area contributed by atoms with Crippen LogP contribution in [0.2, 0.25) is 0 Å². The maximum Gasteiger partial charge on any atom is 0.389 e. The van der Waals surface area contributed by atoms with E-state index in [1.807, 2.05) is 24.8 Å². The number of rotatable bonds is 6. The fourth-order valence-electron chi connectivity index (χ4n) is 4.08. The zero-order chi connectivity index (χ0) is 24.6. The third kappa shape index (κ3) is 5.48. The van der Waals surface area contributed by atoms with Gasteiger partial charge in [-0.05, 0) is 19.4 Å². The van der Waals surface area contributed by atoms with E-state index >= 15 is 0 Å². The van der Waals surface area contributed by atoms with E-state index in [4.69, 9.17) is 4.74 Å². The Hall–Kier alpha value is -3.04. The molecule has 180 valence electrons. The second-order valence-corrected chi connectivity index (χ2v) is 8.99. The van der Waals surface area contributed by atoms with Gasteiger partial charge in [-0.2, -0.15) is 13.2 Å². The predicted octanol–water partition coefficient (Wildman–Crippen LogP) is 3.40. The van der Waals surface area contributed by atoms with Crippen LogP contribution in [-0.2, 0) is 14.4 Å². The van der Waals surface area contributed by atoms with Gasteiger partial charge in [-0.25, -0.2) is 0 Å². The van der Waals surface area contributed by atoms with Crippen molar-refractivity contribution in [2.24, 2.45) is 5.41 Å².